The number of piperidine rings is 1. The zero-order valence-electron chi connectivity index (χ0n) is 12.5. The summed E-state index contributed by atoms with van der Waals surface area (Å²) in [6.45, 7) is 6.30. The lowest BCUT2D eigenvalue weighted by atomic mass is 10.0. The maximum absolute atomic E-state index is 13.0. The van der Waals surface area contributed by atoms with E-state index in [1.807, 2.05) is 6.92 Å². The fourth-order valence-corrected chi connectivity index (χ4v) is 5.29. The van der Waals surface area contributed by atoms with Crippen molar-refractivity contribution in [1.82, 2.24) is 4.31 Å². The molecule has 0 saturated carbocycles. The Balaban J connectivity index is 2.52. The van der Waals surface area contributed by atoms with E-state index in [0.717, 1.165) is 31.2 Å². The largest absolute Gasteiger partial charge is 0.398 e. The van der Waals surface area contributed by atoms with Crippen molar-refractivity contribution in [3.63, 3.8) is 0 Å². The second kappa shape index (κ2) is 5.74. The molecule has 0 aliphatic carbocycles. The molecule has 1 aliphatic rings. The normalized spacial score (nSPS) is 21.1. The van der Waals surface area contributed by atoms with E-state index >= 15 is 0 Å². The number of nitrogen functional groups attached to an aromatic ring is 1. The predicted molar refractivity (Wildman–Crippen MR) is 82.2 cm³/mol. The van der Waals surface area contributed by atoms with Crippen molar-refractivity contribution < 1.29 is 8.42 Å². The van der Waals surface area contributed by atoms with Crippen LogP contribution in [0.25, 0.3) is 0 Å². The Bertz CT molecular complexity index is 596. The standard InChI is InChI=1S/C15H24N2O2S/c1-4-13-7-5-6-10-17(13)20(18,19)15-11(2)8-9-14(16)12(15)3/h8-9,13H,4-7,10,16H2,1-3H3. The average molecular weight is 296 g/mol. The summed E-state index contributed by atoms with van der Waals surface area (Å²) in [5.74, 6) is 0. The second-order valence-electron chi connectivity index (χ2n) is 5.60. The van der Waals surface area contributed by atoms with E-state index < -0.39 is 10.0 Å². The number of sulfonamides is 1. The summed E-state index contributed by atoms with van der Waals surface area (Å²) in [7, 11) is -3.45. The van der Waals surface area contributed by atoms with Gasteiger partial charge in [-0.15, -0.1) is 0 Å². The Hall–Kier alpha value is -1.07. The van der Waals surface area contributed by atoms with Crippen LogP contribution in [0.4, 0.5) is 5.69 Å². The minimum atomic E-state index is -3.45. The van der Waals surface area contributed by atoms with Gasteiger partial charge in [0.15, 0.2) is 0 Å². The summed E-state index contributed by atoms with van der Waals surface area (Å²) in [5.41, 5.74) is 7.89. The average Bonchev–Trinajstić information content (AvgIpc) is 2.43. The van der Waals surface area contributed by atoms with Crippen molar-refractivity contribution in [3.05, 3.63) is 23.3 Å². The van der Waals surface area contributed by atoms with Crippen molar-refractivity contribution in [2.24, 2.45) is 0 Å². The van der Waals surface area contributed by atoms with Gasteiger partial charge in [0.25, 0.3) is 0 Å². The number of hydrogen-bond donors (Lipinski definition) is 1. The van der Waals surface area contributed by atoms with Gasteiger partial charge in [0.1, 0.15) is 0 Å². The number of rotatable bonds is 3. The van der Waals surface area contributed by atoms with Crippen molar-refractivity contribution in [3.8, 4) is 0 Å². The summed E-state index contributed by atoms with van der Waals surface area (Å²) < 4.78 is 27.7. The minimum Gasteiger partial charge on any atom is -0.398 e. The van der Waals surface area contributed by atoms with Gasteiger partial charge in [-0.3, -0.25) is 0 Å². The smallest absolute Gasteiger partial charge is 0.243 e. The molecule has 0 aromatic heterocycles. The molecule has 5 heteroatoms. The van der Waals surface area contributed by atoms with Crippen LogP contribution in [0.5, 0.6) is 0 Å². The van der Waals surface area contributed by atoms with E-state index in [2.05, 4.69) is 6.92 Å². The quantitative estimate of drug-likeness (QED) is 0.872. The van der Waals surface area contributed by atoms with Crippen molar-refractivity contribution >= 4 is 15.7 Å². The van der Waals surface area contributed by atoms with Gasteiger partial charge in [-0.05, 0) is 50.3 Å². The maximum Gasteiger partial charge on any atom is 0.243 e. The second-order valence-corrected chi connectivity index (χ2v) is 7.43. The molecule has 1 atom stereocenters. The Morgan fingerprint density at radius 2 is 2.00 bits per heavy atom. The van der Waals surface area contributed by atoms with Crippen LogP contribution in [-0.2, 0) is 10.0 Å². The number of benzene rings is 1. The highest BCUT2D eigenvalue weighted by Crippen LogP contribution is 2.32. The minimum absolute atomic E-state index is 0.119. The van der Waals surface area contributed by atoms with Crippen LogP contribution in [-0.4, -0.2) is 25.3 Å². The van der Waals surface area contributed by atoms with Crippen molar-refractivity contribution in [1.29, 1.82) is 0 Å². The van der Waals surface area contributed by atoms with Gasteiger partial charge in [0.2, 0.25) is 10.0 Å². The number of anilines is 1. The molecule has 1 heterocycles. The first-order chi connectivity index (χ1) is 9.39. The van der Waals surface area contributed by atoms with Crippen LogP contribution in [0.15, 0.2) is 17.0 Å². The Kier molecular flexibility index (Phi) is 4.39. The van der Waals surface area contributed by atoms with E-state index in [4.69, 9.17) is 5.73 Å². The zero-order chi connectivity index (χ0) is 14.9. The maximum atomic E-state index is 13.0. The molecule has 1 fully saturated rings. The lowest BCUT2D eigenvalue weighted by Crippen LogP contribution is -2.43. The van der Waals surface area contributed by atoms with E-state index in [1.54, 1.807) is 23.4 Å². The van der Waals surface area contributed by atoms with Gasteiger partial charge in [-0.1, -0.05) is 19.4 Å². The first kappa shape index (κ1) is 15.3. The third-order valence-corrected chi connectivity index (χ3v) is 6.50. The van der Waals surface area contributed by atoms with Crippen molar-refractivity contribution in [2.75, 3.05) is 12.3 Å². The molecule has 1 aliphatic heterocycles. The molecule has 0 spiro atoms. The number of nitrogens with zero attached hydrogens (tertiary/aromatic N) is 1. The summed E-state index contributed by atoms with van der Waals surface area (Å²) in [4.78, 5) is 0.401. The lowest BCUT2D eigenvalue weighted by Gasteiger charge is -2.35. The molecule has 1 aromatic carbocycles. The number of nitrogens with two attached hydrogens (primary N) is 1. The Labute approximate surface area is 122 Å². The molecule has 2 rings (SSSR count). The van der Waals surface area contributed by atoms with Gasteiger partial charge in [0, 0.05) is 18.3 Å². The molecular weight excluding hydrogens is 272 g/mol. The molecule has 112 valence electrons. The molecule has 4 nitrogen and oxygen atoms in total. The first-order valence-corrected chi connectivity index (χ1v) is 8.71. The molecule has 0 bridgehead atoms. The summed E-state index contributed by atoms with van der Waals surface area (Å²) in [6.07, 6.45) is 3.87. The lowest BCUT2D eigenvalue weighted by molar-refractivity contribution is 0.246. The number of aryl methyl sites for hydroxylation is 1. The van der Waals surface area contributed by atoms with Gasteiger partial charge in [-0.25, -0.2) is 8.42 Å². The molecule has 0 amide bonds. The van der Waals surface area contributed by atoms with Crippen LogP contribution >= 0.6 is 0 Å². The Morgan fingerprint density at radius 3 is 2.65 bits per heavy atom. The van der Waals surface area contributed by atoms with Crippen LogP contribution < -0.4 is 5.73 Å². The van der Waals surface area contributed by atoms with Crippen LogP contribution in [0.3, 0.4) is 0 Å². The highest BCUT2D eigenvalue weighted by Gasteiger charge is 2.34. The summed E-state index contributed by atoms with van der Waals surface area (Å²) >= 11 is 0. The molecule has 0 radical (unpaired) electrons. The SMILES string of the molecule is CCC1CCCCN1S(=O)(=O)c1c(C)ccc(N)c1C. The highest BCUT2D eigenvalue weighted by atomic mass is 32.2. The third kappa shape index (κ3) is 2.56. The van der Waals surface area contributed by atoms with Gasteiger partial charge in [-0.2, -0.15) is 4.31 Å². The van der Waals surface area contributed by atoms with Gasteiger partial charge in [0.05, 0.1) is 4.90 Å². The summed E-state index contributed by atoms with van der Waals surface area (Å²) in [6, 6.07) is 3.69. The summed E-state index contributed by atoms with van der Waals surface area (Å²) in [5, 5.41) is 0. The third-order valence-electron chi connectivity index (χ3n) is 4.26. The van der Waals surface area contributed by atoms with E-state index in [0.29, 0.717) is 22.7 Å². The molecule has 20 heavy (non-hydrogen) atoms. The zero-order valence-corrected chi connectivity index (χ0v) is 13.3. The molecule has 1 aromatic rings. The van der Waals surface area contributed by atoms with Gasteiger partial charge >= 0.3 is 0 Å². The fourth-order valence-electron chi connectivity index (χ4n) is 3.05. The van der Waals surface area contributed by atoms with Crippen LogP contribution in [0, 0.1) is 13.8 Å². The van der Waals surface area contributed by atoms with Crippen LogP contribution in [0.2, 0.25) is 0 Å². The first-order valence-electron chi connectivity index (χ1n) is 7.27. The van der Waals surface area contributed by atoms with E-state index in [9.17, 15) is 8.42 Å². The highest BCUT2D eigenvalue weighted by molar-refractivity contribution is 7.89. The monoisotopic (exact) mass is 296 g/mol. The van der Waals surface area contributed by atoms with E-state index in [1.165, 1.54) is 0 Å². The molecule has 2 N–H and O–H groups in total. The molecule has 1 saturated heterocycles. The molecular formula is C15H24N2O2S. The van der Waals surface area contributed by atoms with Crippen LogP contribution in [0.1, 0.15) is 43.7 Å². The fraction of sp³-hybridized carbons (Fsp3) is 0.600. The Morgan fingerprint density at radius 1 is 1.30 bits per heavy atom. The molecule has 1 unspecified atom stereocenters. The van der Waals surface area contributed by atoms with Gasteiger partial charge < -0.3 is 5.73 Å². The van der Waals surface area contributed by atoms with Crippen molar-refractivity contribution in [2.45, 2.75) is 57.4 Å². The van der Waals surface area contributed by atoms with E-state index in [-0.39, 0.29) is 6.04 Å². The number of hydrogen-bond acceptors (Lipinski definition) is 3. The predicted octanol–water partition coefficient (Wildman–Crippen LogP) is 2.84. The topological polar surface area (TPSA) is 63.4 Å².